The van der Waals surface area contributed by atoms with Crippen molar-refractivity contribution in [2.45, 2.75) is 15.8 Å². The van der Waals surface area contributed by atoms with Crippen LogP contribution >= 0.6 is 10.0 Å². The molecule has 0 atom stereocenters. The van der Waals surface area contributed by atoms with Crippen LogP contribution in [0.25, 0.3) is 0 Å². The van der Waals surface area contributed by atoms with Crippen molar-refractivity contribution in [3.8, 4) is 0 Å². The molecule has 0 fully saturated rings. The average Bonchev–Trinajstić information content (AvgIpc) is 2.57. The fraction of sp³-hybridized carbons (Fsp3) is 0.143. The predicted octanol–water partition coefficient (Wildman–Crippen LogP) is 5.52. The molecule has 0 spiro atoms. The van der Waals surface area contributed by atoms with Crippen LogP contribution in [0, 0.1) is 0 Å². The SMILES string of the molecule is [Cl][Ge]([CH2]c1ccccc1)([CH2]c1ccccc1)[CH2]c1ccccc1. The molecule has 0 aliphatic heterocycles. The van der Waals surface area contributed by atoms with Gasteiger partial charge < -0.3 is 0 Å². The van der Waals surface area contributed by atoms with Gasteiger partial charge in [-0.15, -0.1) is 0 Å². The van der Waals surface area contributed by atoms with Crippen LogP contribution in [0.2, 0.25) is 0 Å². The summed E-state index contributed by atoms with van der Waals surface area (Å²) < 4.78 is 0. The number of hydrogen-bond donors (Lipinski definition) is 0. The molecule has 3 aromatic carbocycles. The van der Waals surface area contributed by atoms with E-state index in [-0.39, 0.29) is 0 Å². The molecule has 0 bridgehead atoms. The van der Waals surface area contributed by atoms with E-state index in [1.807, 2.05) is 0 Å². The Morgan fingerprint density at radius 1 is 0.478 bits per heavy atom. The van der Waals surface area contributed by atoms with E-state index in [2.05, 4.69) is 91.0 Å². The van der Waals surface area contributed by atoms with E-state index in [4.69, 9.17) is 10.0 Å². The number of hydrogen-bond acceptors (Lipinski definition) is 0. The Bertz CT molecular complexity index is 609. The van der Waals surface area contributed by atoms with Gasteiger partial charge >= 0.3 is 146 Å². The van der Waals surface area contributed by atoms with Crippen molar-refractivity contribution < 1.29 is 0 Å². The molecule has 2 heteroatoms. The fourth-order valence-corrected chi connectivity index (χ4v) is 12.4. The van der Waals surface area contributed by atoms with Gasteiger partial charge in [-0.25, -0.2) is 0 Å². The van der Waals surface area contributed by atoms with Crippen molar-refractivity contribution in [2.24, 2.45) is 0 Å². The molecule has 0 saturated heterocycles. The second-order valence-electron chi connectivity index (χ2n) is 6.14. The van der Waals surface area contributed by atoms with Crippen molar-refractivity contribution >= 4 is 22.3 Å². The summed E-state index contributed by atoms with van der Waals surface area (Å²) >= 11 is -2.59. The molecule has 0 unspecified atom stereocenters. The van der Waals surface area contributed by atoms with E-state index in [1.54, 1.807) is 0 Å². The Balaban J connectivity index is 1.85. The van der Waals surface area contributed by atoms with Crippen LogP contribution in [-0.2, 0) is 15.8 Å². The topological polar surface area (TPSA) is 0 Å². The number of benzene rings is 3. The van der Waals surface area contributed by atoms with Crippen LogP contribution in [0.4, 0.5) is 0 Å². The zero-order chi connectivity index (χ0) is 16.0. The average molecular weight is 381 g/mol. The molecule has 116 valence electrons. The molecule has 3 aromatic rings. The van der Waals surface area contributed by atoms with Gasteiger partial charge in [0.1, 0.15) is 0 Å². The number of rotatable bonds is 6. The third-order valence-corrected chi connectivity index (χ3v) is 12.7. The molecule has 0 nitrogen and oxygen atoms in total. The summed E-state index contributed by atoms with van der Waals surface area (Å²) in [6.45, 7) is 0. The zero-order valence-corrected chi connectivity index (χ0v) is 16.0. The maximum atomic E-state index is 7.33. The summed E-state index contributed by atoms with van der Waals surface area (Å²) in [5, 5.41) is 3.14. The Morgan fingerprint density at radius 2 is 0.739 bits per heavy atom. The van der Waals surface area contributed by atoms with Crippen LogP contribution in [0.1, 0.15) is 16.7 Å². The first-order chi connectivity index (χ1) is 11.2. The molecular formula is C21H21ClGe. The van der Waals surface area contributed by atoms with E-state index in [0.29, 0.717) is 0 Å². The van der Waals surface area contributed by atoms with Gasteiger partial charge in [-0.3, -0.25) is 0 Å². The van der Waals surface area contributed by atoms with Crippen molar-refractivity contribution in [3.05, 3.63) is 108 Å². The molecule has 23 heavy (non-hydrogen) atoms. The monoisotopic (exact) mass is 382 g/mol. The third kappa shape index (κ3) is 4.99. The summed E-state index contributed by atoms with van der Waals surface area (Å²) in [5.74, 6) is 0. The van der Waals surface area contributed by atoms with Gasteiger partial charge in [-0.2, -0.15) is 0 Å². The first kappa shape index (κ1) is 16.4. The van der Waals surface area contributed by atoms with Crippen molar-refractivity contribution in [2.75, 3.05) is 0 Å². The molecule has 0 amide bonds. The predicted molar refractivity (Wildman–Crippen MR) is 102 cm³/mol. The molecular weight excluding hydrogens is 360 g/mol. The summed E-state index contributed by atoms with van der Waals surface area (Å²) in [6, 6.07) is 32.1. The van der Waals surface area contributed by atoms with Gasteiger partial charge in [0, 0.05) is 0 Å². The van der Waals surface area contributed by atoms with Gasteiger partial charge in [0.15, 0.2) is 0 Å². The first-order valence-corrected chi connectivity index (χ1v) is 15.3. The summed E-state index contributed by atoms with van der Waals surface area (Å²) in [6.07, 6.45) is 0. The Hall–Kier alpha value is -1.51. The molecule has 0 N–H and O–H groups in total. The van der Waals surface area contributed by atoms with Crippen molar-refractivity contribution in [1.29, 1.82) is 0 Å². The minimum absolute atomic E-state index is 1.05. The summed E-state index contributed by atoms with van der Waals surface area (Å²) in [5.41, 5.74) is 4.11. The van der Waals surface area contributed by atoms with Crippen LogP contribution in [0.5, 0.6) is 0 Å². The molecule has 0 heterocycles. The van der Waals surface area contributed by atoms with Gasteiger partial charge in [-0.05, 0) is 0 Å². The Kier molecular flexibility index (Phi) is 5.58. The molecule has 0 aliphatic rings. The van der Waals surface area contributed by atoms with Gasteiger partial charge in [0.05, 0.1) is 0 Å². The van der Waals surface area contributed by atoms with Gasteiger partial charge in [0.25, 0.3) is 0 Å². The van der Waals surface area contributed by atoms with Gasteiger partial charge in [0.2, 0.25) is 0 Å². The molecule has 0 saturated carbocycles. The first-order valence-electron chi connectivity index (χ1n) is 8.04. The Morgan fingerprint density at radius 3 is 1.00 bits per heavy atom. The summed E-state index contributed by atoms with van der Waals surface area (Å²) in [7, 11) is 7.33. The Labute approximate surface area is 145 Å². The summed E-state index contributed by atoms with van der Waals surface area (Å²) in [4.78, 5) is 0. The standard InChI is InChI=1S/C21H21ClGe/c22-23(16-19-10-4-1-5-11-19,17-20-12-6-2-7-13-20)18-21-14-8-3-9-15-21/h1-15H,16-18H2. The van der Waals surface area contributed by atoms with E-state index in [0.717, 1.165) is 15.8 Å². The maximum absolute atomic E-state index is 7.33. The van der Waals surface area contributed by atoms with E-state index < -0.39 is 12.3 Å². The van der Waals surface area contributed by atoms with E-state index in [9.17, 15) is 0 Å². The minimum atomic E-state index is -2.59. The van der Waals surface area contributed by atoms with E-state index >= 15 is 0 Å². The molecule has 0 aliphatic carbocycles. The molecule has 0 radical (unpaired) electrons. The van der Waals surface area contributed by atoms with E-state index in [1.165, 1.54) is 16.7 Å². The quantitative estimate of drug-likeness (QED) is 0.494. The third-order valence-electron chi connectivity index (χ3n) is 4.09. The van der Waals surface area contributed by atoms with Crippen molar-refractivity contribution in [3.63, 3.8) is 0 Å². The molecule has 0 aromatic heterocycles. The van der Waals surface area contributed by atoms with Crippen LogP contribution < -0.4 is 0 Å². The second-order valence-corrected chi connectivity index (χ2v) is 17.4. The van der Waals surface area contributed by atoms with Gasteiger partial charge in [-0.1, -0.05) is 0 Å². The van der Waals surface area contributed by atoms with Crippen LogP contribution in [0.3, 0.4) is 0 Å². The number of halogens is 1. The second kappa shape index (κ2) is 7.85. The van der Waals surface area contributed by atoms with Crippen LogP contribution in [0.15, 0.2) is 91.0 Å². The molecule has 3 rings (SSSR count). The van der Waals surface area contributed by atoms with Crippen molar-refractivity contribution in [1.82, 2.24) is 0 Å². The normalized spacial score (nSPS) is 11.3. The zero-order valence-electron chi connectivity index (χ0n) is 13.2. The van der Waals surface area contributed by atoms with Crippen LogP contribution in [-0.4, -0.2) is 12.3 Å². The fourth-order valence-electron chi connectivity index (χ4n) is 3.07.